The Labute approximate surface area is 212 Å². The molecule has 0 spiro atoms. The number of hydrogen-bond acceptors (Lipinski definition) is 3. The quantitative estimate of drug-likeness (QED) is 0.394. The third kappa shape index (κ3) is 4.33. The van der Waals surface area contributed by atoms with Crippen LogP contribution in [0.2, 0.25) is 0 Å². The Kier molecular flexibility index (Phi) is 6.33. The van der Waals surface area contributed by atoms with Gasteiger partial charge in [0.15, 0.2) is 0 Å². The number of pyridine rings is 1. The first-order chi connectivity index (χ1) is 16.7. The predicted octanol–water partition coefficient (Wildman–Crippen LogP) is 6.90. The molecule has 2 aliphatic rings. The third-order valence-corrected chi connectivity index (χ3v) is 9.57. The average molecular weight is 489 g/mol. The van der Waals surface area contributed by atoms with E-state index in [1.807, 2.05) is 30.3 Å². The molecular weight excluding hydrogens is 452 g/mol. The number of aryl methyl sites for hydroxylation is 1. The van der Waals surface area contributed by atoms with Crippen LogP contribution in [0, 0.1) is 16.7 Å². The average Bonchev–Trinajstić information content (AvgIpc) is 3.33. The van der Waals surface area contributed by atoms with Gasteiger partial charge in [-0.15, -0.1) is 0 Å². The van der Waals surface area contributed by atoms with Gasteiger partial charge in [0.05, 0.1) is 5.52 Å². The second kappa shape index (κ2) is 9.16. The zero-order valence-electron chi connectivity index (χ0n) is 21.3. The van der Waals surface area contributed by atoms with Crippen molar-refractivity contribution in [2.24, 2.45) is 16.7 Å². The van der Waals surface area contributed by atoms with Gasteiger partial charge in [-0.1, -0.05) is 64.1 Å². The normalized spacial score (nSPS) is 24.7. The molecule has 184 valence electrons. The van der Waals surface area contributed by atoms with Gasteiger partial charge in [-0.05, 0) is 72.8 Å². The van der Waals surface area contributed by atoms with E-state index in [4.69, 9.17) is 0 Å². The minimum atomic E-state index is -0.225. The summed E-state index contributed by atoms with van der Waals surface area (Å²) in [5.41, 5.74) is 1.15. The van der Waals surface area contributed by atoms with Gasteiger partial charge in [0.2, 0.25) is 5.43 Å². The van der Waals surface area contributed by atoms with Gasteiger partial charge in [0.25, 0.3) is 5.91 Å². The lowest BCUT2D eigenvalue weighted by Crippen LogP contribution is -2.53. The molecule has 1 amide bonds. The van der Waals surface area contributed by atoms with Gasteiger partial charge >= 0.3 is 0 Å². The Morgan fingerprint density at radius 2 is 1.89 bits per heavy atom. The zero-order valence-corrected chi connectivity index (χ0v) is 22.1. The first-order valence-electron chi connectivity index (χ1n) is 12.9. The molecule has 0 aliphatic heterocycles. The Hall–Kier alpha value is -2.53. The van der Waals surface area contributed by atoms with E-state index in [2.05, 4.69) is 55.8 Å². The molecule has 1 heterocycles. The summed E-state index contributed by atoms with van der Waals surface area (Å²) in [5.74, 6) is 0.410. The SMILES string of the molecule is CCCCn1cc(C(=O)N[C@@H]2C(C)(C)[C@H]3CC[C@]2(C)C3)c(=O)c2ccc(Sc3ccccc3)cc21. The molecule has 35 heavy (non-hydrogen) atoms. The lowest BCUT2D eigenvalue weighted by Gasteiger charge is -2.43. The fraction of sp³-hybridized carbons (Fsp3) is 0.467. The van der Waals surface area contributed by atoms with Crippen LogP contribution in [-0.4, -0.2) is 16.5 Å². The van der Waals surface area contributed by atoms with Gasteiger partial charge in [-0.3, -0.25) is 9.59 Å². The Morgan fingerprint density at radius 3 is 2.57 bits per heavy atom. The summed E-state index contributed by atoms with van der Waals surface area (Å²) < 4.78 is 2.11. The molecular formula is C30H36N2O2S. The van der Waals surface area contributed by atoms with Crippen molar-refractivity contribution < 1.29 is 4.79 Å². The summed E-state index contributed by atoms with van der Waals surface area (Å²) in [6.07, 6.45) is 7.37. The van der Waals surface area contributed by atoms with E-state index >= 15 is 0 Å². The Bertz CT molecular complexity index is 1310. The van der Waals surface area contributed by atoms with E-state index in [1.165, 1.54) is 6.42 Å². The monoisotopic (exact) mass is 488 g/mol. The van der Waals surface area contributed by atoms with Crippen molar-refractivity contribution in [3.8, 4) is 0 Å². The highest BCUT2D eigenvalue weighted by Crippen LogP contribution is 2.62. The minimum Gasteiger partial charge on any atom is -0.348 e. The van der Waals surface area contributed by atoms with E-state index < -0.39 is 0 Å². The number of fused-ring (bicyclic) bond motifs is 3. The highest BCUT2D eigenvalue weighted by molar-refractivity contribution is 7.99. The van der Waals surface area contributed by atoms with Gasteiger partial charge in [-0.25, -0.2) is 0 Å². The van der Waals surface area contributed by atoms with Crippen LogP contribution in [0.4, 0.5) is 0 Å². The number of nitrogens with one attached hydrogen (secondary N) is 1. The summed E-state index contributed by atoms with van der Waals surface area (Å²) in [7, 11) is 0. The van der Waals surface area contributed by atoms with Crippen molar-refractivity contribution in [1.82, 2.24) is 9.88 Å². The second-order valence-electron chi connectivity index (χ2n) is 11.3. The Balaban J connectivity index is 1.51. The standard InChI is InChI=1S/C30H36N2O2S/c1-5-6-16-32-19-24(27(34)31-28-29(2,3)20-14-15-30(28,4)18-20)26(33)23-13-12-22(17-25(23)32)35-21-10-8-7-9-11-21/h7-13,17,19-20,28H,5-6,14-16,18H2,1-4H3,(H,31,34)/t20-,28+,30+/m0/s1. The maximum absolute atomic E-state index is 13.6. The molecule has 1 N–H and O–H groups in total. The van der Waals surface area contributed by atoms with Crippen LogP contribution in [0.1, 0.15) is 70.2 Å². The number of carbonyl (C=O) groups is 1. The van der Waals surface area contributed by atoms with Crippen LogP contribution < -0.4 is 10.7 Å². The molecule has 0 saturated heterocycles. The molecule has 1 aromatic heterocycles. The third-order valence-electron chi connectivity index (χ3n) is 8.57. The van der Waals surface area contributed by atoms with E-state index in [1.54, 1.807) is 18.0 Å². The molecule has 2 aliphatic carbocycles. The maximum Gasteiger partial charge on any atom is 0.257 e. The summed E-state index contributed by atoms with van der Waals surface area (Å²) in [5, 5.41) is 3.95. The van der Waals surface area contributed by atoms with Crippen molar-refractivity contribution in [1.29, 1.82) is 0 Å². The molecule has 2 aromatic carbocycles. The highest BCUT2D eigenvalue weighted by Gasteiger charge is 2.59. The molecule has 5 rings (SSSR count). The molecule has 2 saturated carbocycles. The molecule has 2 fully saturated rings. The number of unbranched alkanes of at least 4 members (excludes halogenated alkanes) is 1. The van der Waals surface area contributed by atoms with E-state index in [0.29, 0.717) is 11.3 Å². The number of nitrogens with zero attached hydrogens (tertiary/aromatic N) is 1. The Morgan fingerprint density at radius 1 is 1.11 bits per heavy atom. The summed E-state index contributed by atoms with van der Waals surface area (Å²) in [6, 6.07) is 16.3. The van der Waals surface area contributed by atoms with E-state index in [9.17, 15) is 9.59 Å². The van der Waals surface area contributed by atoms with Crippen LogP contribution in [0.15, 0.2) is 69.3 Å². The van der Waals surface area contributed by atoms with Gasteiger partial charge in [-0.2, -0.15) is 0 Å². The lowest BCUT2D eigenvalue weighted by atomic mass is 9.68. The van der Waals surface area contributed by atoms with Gasteiger partial charge < -0.3 is 9.88 Å². The predicted molar refractivity (Wildman–Crippen MR) is 144 cm³/mol. The molecule has 2 bridgehead atoms. The molecule has 4 nitrogen and oxygen atoms in total. The molecule has 0 unspecified atom stereocenters. The molecule has 0 radical (unpaired) electrons. The van der Waals surface area contributed by atoms with Gasteiger partial charge in [0.1, 0.15) is 5.56 Å². The van der Waals surface area contributed by atoms with Crippen molar-refractivity contribution >= 4 is 28.6 Å². The smallest absolute Gasteiger partial charge is 0.257 e. The number of hydrogen-bond donors (Lipinski definition) is 1. The van der Waals surface area contributed by atoms with Crippen LogP contribution in [0.5, 0.6) is 0 Å². The summed E-state index contributed by atoms with van der Waals surface area (Å²) in [4.78, 5) is 29.4. The summed E-state index contributed by atoms with van der Waals surface area (Å²) in [6.45, 7) is 9.80. The maximum atomic E-state index is 13.6. The topological polar surface area (TPSA) is 51.1 Å². The fourth-order valence-corrected chi connectivity index (χ4v) is 7.48. The molecule has 5 heteroatoms. The zero-order chi connectivity index (χ0) is 24.8. The van der Waals surface area contributed by atoms with E-state index in [-0.39, 0.29) is 33.8 Å². The van der Waals surface area contributed by atoms with Crippen molar-refractivity contribution in [3.63, 3.8) is 0 Å². The number of carbonyl (C=O) groups excluding carboxylic acids is 1. The first kappa shape index (κ1) is 24.2. The summed E-state index contributed by atoms with van der Waals surface area (Å²) >= 11 is 1.68. The number of aromatic nitrogens is 1. The molecule has 3 aromatic rings. The largest absolute Gasteiger partial charge is 0.348 e. The van der Waals surface area contributed by atoms with Crippen LogP contribution in [-0.2, 0) is 6.54 Å². The minimum absolute atomic E-state index is 0.0459. The van der Waals surface area contributed by atoms with E-state index in [0.717, 1.165) is 47.5 Å². The number of rotatable bonds is 7. The first-order valence-corrected chi connectivity index (χ1v) is 13.8. The van der Waals surface area contributed by atoms with Gasteiger partial charge in [0, 0.05) is 34.0 Å². The highest BCUT2D eigenvalue weighted by atomic mass is 32.2. The number of benzene rings is 2. The molecule has 3 atom stereocenters. The number of amides is 1. The van der Waals surface area contributed by atoms with Crippen molar-refractivity contribution in [2.45, 2.75) is 82.2 Å². The van der Waals surface area contributed by atoms with Crippen LogP contribution >= 0.6 is 11.8 Å². The van der Waals surface area contributed by atoms with Crippen molar-refractivity contribution in [2.75, 3.05) is 0 Å². The fourth-order valence-electron chi connectivity index (χ4n) is 6.60. The van der Waals surface area contributed by atoms with Crippen LogP contribution in [0.3, 0.4) is 0 Å². The van der Waals surface area contributed by atoms with Crippen molar-refractivity contribution in [3.05, 3.63) is 70.5 Å². The second-order valence-corrected chi connectivity index (χ2v) is 12.5. The lowest BCUT2D eigenvalue weighted by molar-refractivity contribution is 0.0736. The van der Waals surface area contributed by atoms with Crippen LogP contribution in [0.25, 0.3) is 10.9 Å².